The highest BCUT2D eigenvalue weighted by Gasteiger charge is 2.21. The third-order valence-corrected chi connectivity index (χ3v) is 4.93. The number of hydrogen-bond donors (Lipinski definition) is 1. The topological polar surface area (TPSA) is 80.0 Å². The Morgan fingerprint density at radius 2 is 2.00 bits per heavy atom. The predicted octanol–water partition coefficient (Wildman–Crippen LogP) is 1.61. The SMILES string of the molecule is OCc1cn(C2CCN(Cc3ccc4nsnc4c3)CC2)nn1. The highest BCUT2D eigenvalue weighted by molar-refractivity contribution is 7.00. The Morgan fingerprint density at radius 1 is 1.17 bits per heavy atom. The summed E-state index contributed by atoms with van der Waals surface area (Å²) in [5, 5.41) is 17.2. The molecule has 0 radical (unpaired) electrons. The van der Waals surface area contributed by atoms with E-state index in [1.165, 1.54) is 17.3 Å². The number of rotatable bonds is 4. The zero-order chi connectivity index (χ0) is 15.6. The van der Waals surface area contributed by atoms with Crippen molar-refractivity contribution in [3.05, 3.63) is 35.7 Å². The predicted molar refractivity (Wildman–Crippen MR) is 86.9 cm³/mol. The fraction of sp³-hybridized carbons (Fsp3) is 0.467. The molecule has 0 amide bonds. The van der Waals surface area contributed by atoms with Crippen LogP contribution in [0, 0.1) is 0 Å². The van der Waals surface area contributed by atoms with E-state index in [0.717, 1.165) is 43.5 Å². The van der Waals surface area contributed by atoms with Crippen molar-refractivity contribution in [1.82, 2.24) is 28.6 Å². The van der Waals surface area contributed by atoms with Gasteiger partial charge in [-0.1, -0.05) is 11.3 Å². The van der Waals surface area contributed by atoms with Crippen LogP contribution in [0.15, 0.2) is 24.4 Å². The van der Waals surface area contributed by atoms with Gasteiger partial charge in [0.05, 0.1) is 30.6 Å². The molecule has 1 fully saturated rings. The van der Waals surface area contributed by atoms with Crippen molar-refractivity contribution in [2.24, 2.45) is 0 Å². The Bertz CT molecular complexity index is 792. The highest BCUT2D eigenvalue weighted by atomic mass is 32.1. The fourth-order valence-electron chi connectivity index (χ4n) is 3.09. The number of fused-ring (bicyclic) bond motifs is 1. The Morgan fingerprint density at radius 3 is 2.78 bits per heavy atom. The first-order valence-corrected chi connectivity index (χ1v) is 8.50. The number of likely N-dealkylation sites (tertiary alicyclic amines) is 1. The van der Waals surface area contributed by atoms with E-state index in [2.05, 4.69) is 36.1 Å². The molecule has 0 bridgehead atoms. The van der Waals surface area contributed by atoms with Crippen LogP contribution in [-0.4, -0.2) is 46.8 Å². The Balaban J connectivity index is 1.37. The molecule has 1 aromatic carbocycles. The second-order valence-corrected chi connectivity index (χ2v) is 6.47. The molecular formula is C15H18N6OS. The maximum absolute atomic E-state index is 9.08. The minimum Gasteiger partial charge on any atom is -0.390 e. The Labute approximate surface area is 137 Å². The molecule has 0 aliphatic carbocycles. The van der Waals surface area contributed by atoms with Gasteiger partial charge in [-0.2, -0.15) is 8.75 Å². The van der Waals surface area contributed by atoms with Crippen LogP contribution in [0.2, 0.25) is 0 Å². The largest absolute Gasteiger partial charge is 0.390 e. The van der Waals surface area contributed by atoms with Crippen LogP contribution >= 0.6 is 11.7 Å². The molecule has 8 heteroatoms. The summed E-state index contributed by atoms with van der Waals surface area (Å²) < 4.78 is 10.4. The van der Waals surface area contributed by atoms with Crippen molar-refractivity contribution in [3.63, 3.8) is 0 Å². The molecule has 2 aromatic heterocycles. The maximum atomic E-state index is 9.08. The second-order valence-electron chi connectivity index (χ2n) is 5.94. The molecule has 1 N–H and O–H groups in total. The Hall–Kier alpha value is -1.90. The smallest absolute Gasteiger partial charge is 0.108 e. The van der Waals surface area contributed by atoms with Gasteiger partial charge in [-0.25, -0.2) is 4.68 Å². The normalized spacial score (nSPS) is 17.1. The van der Waals surface area contributed by atoms with Gasteiger partial charge in [0, 0.05) is 19.6 Å². The first-order chi connectivity index (χ1) is 11.3. The van der Waals surface area contributed by atoms with Gasteiger partial charge in [-0.15, -0.1) is 5.10 Å². The molecule has 3 heterocycles. The zero-order valence-electron chi connectivity index (χ0n) is 12.7. The first-order valence-electron chi connectivity index (χ1n) is 7.77. The van der Waals surface area contributed by atoms with Gasteiger partial charge in [0.15, 0.2) is 0 Å². The number of nitrogens with zero attached hydrogens (tertiary/aromatic N) is 6. The van der Waals surface area contributed by atoms with Gasteiger partial charge < -0.3 is 5.11 Å². The van der Waals surface area contributed by atoms with Gasteiger partial charge in [0.1, 0.15) is 16.7 Å². The molecule has 4 rings (SSSR count). The molecule has 7 nitrogen and oxygen atoms in total. The van der Waals surface area contributed by atoms with Crippen LogP contribution in [0.5, 0.6) is 0 Å². The minimum absolute atomic E-state index is 0.0488. The van der Waals surface area contributed by atoms with Crippen molar-refractivity contribution in [2.75, 3.05) is 13.1 Å². The number of piperidine rings is 1. The lowest BCUT2D eigenvalue weighted by Gasteiger charge is -2.31. The zero-order valence-corrected chi connectivity index (χ0v) is 13.5. The molecule has 1 aliphatic heterocycles. The molecular weight excluding hydrogens is 312 g/mol. The van der Waals surface area contributed by atoms with Gasteiger partial charge in [0.25, 0.3) is 0 Å². The van der Waals surface area contributed by atoms with Crippen molar-refractivity contribution in [3.8, 4) is 0 Å². The van der Waals surface area contributed by atoms with Crippen LogP contribution in [-0.2, 0) is 13.2 Å². The van der Waals surface area contributed by atoms with Gasteiger partial charge in [-0.3, -0.25) is 4.90 Å². The Kier molecular flexibility index (Phi) is 4.02. The van der Waals surface area contributed by atoms with Gasteiger partial charge >= 0.3 is 0 Å². The lowest BCUT2D eigenvalue weighted by Crippen LogP contribution is -2.34. The summed E-state index contributed by atoms with van der Waals surface area (Å²) in [6.07, 6.45) is 3.95. The number of aliphatic hydroxyl groups excluding tert-OH is 1. The van der Waals surface area contributed by atoms with Gasteiger partial charge in [0.2, 0.25) is 0 Å². The molecule has 0 unspecified atom stereocenters. The highest BCUT2D eigenvalue weighted by Crippen LogP contribution is 2.23. The molecule has 1 aliphatic rings. The second kappa shape index (κ2) is 6.31. The summed E-state index contributed by atoms with van der Waals surface area (Å²) >= 11 is 1.26. The summed E-state index contributed by atoms with van der Waals surface area (Å²) in [5.41, 5.74) is 3.88. The number of hydrogen-bond acceptors (Lipinski definition) is 7. The average molecular weight is 330 g/mol. The van der Waals surface area contributed by atoms with Crippen LogP contribution < -0.4 is 0 Å². The molecule has 0 spiro atoms. The summed E-state index contributed by atoms with van der Waals surface area (Å²) in [6.45, 7) is 2.96. The minimum atomic E-state index is -0.0488. The third-order valence-electron chi connectivity index (χ3n) is 4.38. The van der Waals surface area contributed by atoms with Crippen LogP contribution in [0.4, 0.5) is 0 Å². The molecule has 3 aromatic rings. The maximum Gasteiger partial charge on any atom is 0.108 e. The van der Waals surface area contributed by atoms with Crippen LogP contribution in [0.25, 0.3) is 11.0 Å². The van der Waals surface area contributed by atoms with E-state index in [0.29, 0.717) is 11.7 Å². The first kappa shape index (κ1) is 14.7. The molecule has 1 saturated heterocycles. The van der Waals surface area contributed by atoms with Gasteiger partial charge in [-0.05, 0) is 30.5 Å². The van der Waals surface area contributed by atoms with E-state index in [-0.39, 0.29) is 6.61 Å². The summed E-state index contributed by atoms with van der Waals surface area (Å²) in [6, 6.07) is 6.70. The van der Waals surface area contributed by atoms with Crippen molar-refractivity contribution >= 4 is 22.8 Å². The lowest BCUT2D eigenvalue weighted by molar-refractivity contribution is 0.172. The average Bonchev–Trinajstić information content (AvgIpc) is 3.24. The van der Waals surface area contributed by atoms with E-state index >= 15 is 0 Å². The fourth-order valence-corrected chi connectivity index (χ4v) is 3.61. The van der Waals surface area contributed by atoms with E-state index in [1.807, 2.05) is 16.9 Å². The molecule has 23 heavy (non-hydrogen) atoms. The third kappa shape index (κ3) is 3.10. The molecule has 0 atom stereocenters. The van der Waals surface area contributed by atoms with Crippen LogP contribution in [0.1, 0.15) is 30.1 Å². The van der Waals surface area contributed by atoms with Crippen molar-refractivity contribution in [2.45, 2.75) is 32.0 Å². The summed E-state index contributed by atoms with van der Waals surface area (Å²) in [7, 11) is 0. The number of aliphatic hydroxyl groups is 1. The van der Waals surface area contributed by atoms with E-state index < -0.39 is 0 Å². The van der Waals surface area contributed by atoms with E-state index in [9.17, 15) is 0 Å². The quantitative estimate of drug-likeness (QED) is 0.783. The van der Waals surface area contributed by atoms with Crippen LogP contribution in [0.3, 0.4) is 0 Å². The summed E-state index contributed by atoms with van der Waals surface area (Å²) in [5.74, 6) is 0. The summed E-state index contributed by atoms with van der Waals surface area (Å²) in [4.78, 5) is 2.46. The van der Waals surface area contributed by atoms with E-state index in [4.69, 9.17) is 5.11 Å². The number of aromatic nitrogens is 5. The van der Waals surface area contributed by atoms with E-state index in [1.54, 1.807) is 0 Å². The molecule has 120 valence electrons. The monoisotopic (exact) mass is 330 g/mol. The standard InChI is InChI=1S/C15H18N6OS/c22-10-12-9-21(19-16-12)13-3-5-20(6-4-13)8-11-1-2-14-15(7-11)18-23-17-14/h1-2,7,9,13,22H,3-6,8,10H2. The number of benzene rings is 1. The van der Waals surface area contributed by atoms with Crippen molar-refractivity contribution in [1.29, 1.82) is 0 Å². The molecule has 0 saturated carbocycles. The lowest BCUT2D eigenvalue weighted by atomic mass is 10.0. The van der Waals surface area contributed by atoms with Crippen molar-refractivity contribution < 1.29 is 5.11 Å².